The molecule has 0 aliphatic carbocycles. The maximum Gasteiger partial charge on any atom is 0.227 e. The number of phenolic OH excluding ortho intramolecular Hbond substituents is 1. The Morgan fingerprint density at radius 1 is 1.43 bits per heavy atom. The molecule has 0 spiro atoms. The summed E-state index contributed by atoms with van der Waals surface area (Å²) < 4.78 is 0. The van der Waals surface area contributed by atoms with Gasteiger partial charge in [0.15, 0.2) is 0 Å². The Balaban J connectivity index is 1.93. The molecule has 2 aromatic rings. The van der Waals surface area contributed by atoms with Crippen LogP contribution in [0.5, 0.6) is 5.75 Å². The van der Waals surface area contributed by atoms with Crippen molar-refractivity contribution in [1.29, 1.82) is 0 Å². The highest BCUT2D eigenvalue weighted by Crippen LogP contribution is 2.17. The van der Waals surface area contributed by atoms with E-state index >= 15 is 0 Å². The van der Waals surface area contributed by atoms with Crippen LogP contribution in [0.3, 0.4) is 0 Å². The number of benzene rings is 1. The fourth-order valence-electron chi connectivity index (χ4n) is 1.78. The van der Waals surface area contributed by atoms with Gasteiger partial charge >= 0.3 is 0 Å². The molecular formula is C14H13N2O4S-. The molecule has 0 saturated carbocycles. The smallest absolute Gasteiger partial charge is 0.227 e. The summed E-state index contributed by atoms with van der Waals surface area (Å²) in [6.07, 6.45) is 0.0115. The van der Waals surface area contributed by atoms with Crippen molar-refractivity contribution in [3.8, 4) is 5.75 Å². The molecule has 7 heteroatoms. The molecule has 0 radical (unpaired) electrons. The largest absolute Gasteiger partial charge is 0.544 e. The number of aromatic carboxylic acids is 1. The van der Waals surface area contributed by atoms with Gasteiger partial charge in [0.2, 0.25) is 5.91 Å². The van der Waals surface area contributed by atoms with Gasteiger partial charge in [-0.15, -0.1) is 11.3 Å². The van der Waals surface area contributed by atoms with E-state index in [0.717, 1.165) is 16.9 Å². The van der Waals surface area contributed by atoms with Gasteiger partial charge in [-0.05, 0) is 24.6 Å². The fourth-order valence-corrected chi connectivity index (χ4v) is 2.68. The molecule has 6 nitrogen and oxygen atoms in total. The molecule has 1 aromatic heterocycles. The molecule has 0 unspecified atom stereocenters. The molecule has 1 aromatic carbocycles. The van der Waals surface area contributed by atoms with E-state index < -0.39 is 5.97 Å². The van der Waals surface area contributed by atoms with Crippen LogP contribution < -0.4 is 10.4 Å². The molecule has 2 rings (SSSR count). The zero-order valence-corrected chi connectivity index (χ0v) is 12.1. The van der Waals surface area contributed by atoms with Crippen molar-refractivity contribution in [1.82, 2.24) is 10.3 Å². The van der Waals surface area contributed by atoms with Crippen molar-refractivity contribution in [2.75, 3.05) is 0 Å². The fraction of sp³-hybridized carbons (Fsp3) is 0.214. The van der Waals surface area contributed by atoms with Gasteiger partial charge in [0.25, 0.3) is 0 Å². The number of phenols is 1. The molecule has 1 heterocycles. The zero-order chi connectivity index (χ0) is 15.4. The number of rotatable bonds is 5. The van der Waals surface area contributed by atoms with E-state index in [4.69, 9.17) is 0 Å². The van der Waals surface area contributed by atoms with Crippen LogP contribution in [0.25, 0.3) is 0 Å². The Bertz CT molecular complexity index is 681. The normalized spacial score (nSPS) is 10.3. The summed E-state index contributed by atoms with van der Waals surface area (Å²) in [4.78, 5) is 26.7. The van der Waals surface area contributed by atoms with Crippen molar-refractivity contribution in [3.63, 3.8) is 0 Å². The first kappa shape index (κ1) is 15.0. The third-order valence-electron chi connectivity index (χ3n) is 2.74. The molecule has 0 atom stereocenters. The Kier molecular flexibility index (Phi) is 4.54. The van der Waals surface area contributed by atoms with E-state index in [9.17, 15) is 19.8 Å². The molecule has 1 amide bonds. The van der Waals surface area contributed by atoms with Gasteiger partial charge in [0.1, 0.15) is 10.8 Å². The number of carbonyl (C=O) groups excluding carboxylic acids is 2. The number of amides is 1. The summed E-state index contributed by atoms with van der Waals surface area (Å²) in [5.74, 6) is -1.41. The Morgan fingerprint density at radius 2 is 2.19 bits per heavy atom. The summed E-state index contributed by atoms with van der Waals surface area (Å²) in [6, 6.07) is 6.57. The average Bonchev–Trinajstić information content (AvgIpc) is 2.77. The van der Waals surface area contributed by atoms with Gasteiger partial charge in [-0.2, -0.15) is 0 Å². The summed E-state index contributed by atoms with van der Waals surface area (Å²) >= 11 is 0.946. The standard InChI is InChI=1S/C14H14N2O4S/c1-8-13(14(19)20)21-12(16-8)6-11(18)15-7-9-3-2-4-10(17)5-9/h2-5,17H,6-7H2,1H3,(H,15,18)(H,19,20)/p-1. The summed E-state index contributed by atoms with van der Waals surface area (Å²) in [7, 11) is 0. The number of carboxylic acid groups (broad SMARTS) is 1. The lowest BCUT2D eigenvalue weighted by Crippen LogP contribution is -2.24. The predicted molar refractivity (Wildman–Crippen MR) is 74.8 cm³/mol. The van der Waals surface area contributed by atoms with E-state index in [0.29, 0.717) is 10.7 Å². The monoisotopic (exact) mass is 305 g/mol. The second-order valence-electron chi connectivity index (χ2n) is 4.43. The number of hydrogen-bond donors (Lipinski definition) is 2. The highest BCUT2D eigenvalue weighted by atomic mass is 32.1. The lowest BCUT2D eigenvalue weighted by molar-refractivity contribution is -0.254. The highest BCUT2D eigenvalue weighted by molar-refractivity contribution is 7.13. The van der Waals surface area contributed by atoms with Crippen LogP contribution in [0, 0.1) is 6.92 Å². The molecular weight excluding hydrogens is 292 g/mol. The van der Waals surface area contributed by atoms with Crippen LogP contribution in [0.1, 0.15) is 25.9 Å². The predicted octanol–water partition coefficient (Wildman–Crippen LogP) is 0.380. The van der Waals surface area contributed by atoms with E-state index in [2.05, 4.69) is 10.3 Å². The summed E-state index contributed by atoms with van der Waals surface area (Å²) in [6.45, 7) is 1.85. The molecule has 0 aliphatic heterocycles. The van der Waals surface area contributed by atoms with Crippen molar-refractivity contribution in [3.05, 3.63) is 45.4 Å². The Morgan fingerprint density at radius 3 is 2.81 bits per heavy atom. The van der Waals surface area contributed by atoms with Crippen LogP contribution in [0.4, 0.5) is 0 Å². The minimum atomic E-state index is -1.28. The number of aromatic hydroxyl groups is 1. The van der Waals surface area contributed by atoms with Gasteiger partial charge in [0.05, 0.1) is 23.0 Å². The maximum absolute atomic E-state index is 11.8. The molecule has 0 bridgehead atoms. The van der Waals surface area contributed by atoms with Gasteiger partial charge in [-0.3, -0.25) is 4.79 Å². The van der Waals surface area contributed by atoms with Crippen molar-refractivity contribution in [2.24, 2.45) is 0 Å². The van der Waals surface area contributed by atoms with Crippen molar-refractivity contribution < 1.29 is 19.8 Å². The van der Waals surface area contributed by atoms with Gasteiger partial charge < -0.3 is 20.3 Å². The van der Waals surface area contributed by atoms with Crippen LogP contribution in [0.15, 0.2) is 24.3 Å². The number of carboxylic acids is 1. The third kappa shape index (κ3) is 4.03. The number of aromatic nitrogens is 1. The molecule has 0 saturated heterocycles. The highest BCUT2D eigenvalue weighted by Gasteiger charge is 2.11. The molecule has 110 valence electrons. The van der Waals surface area contributed by atoms with Crippen LogP contribution in [0.2, 0.25) is 0 Å². The first-order valence-corrected chi connectivity index (χ1v) is 6.99. The summed E-state index contributed by atoms with van der Waals surface area (Å²) in [5, 5.41) is 23.2. The maximum atomic E-state index is 11.8. The zero-order valence-electron chi connectivity index (χ0n) is 11.3. The van der Waals surface area contributed by atoms with Gasteiger partial charge in [-0.1, -0.05) is 12.1 Å². The van der Waals surface area contributed by atoms with Crippen LogP contribution in [-0.2, 0) is 17.8 Å². The number of thiazole rings is 1. The second-order valence-corrected chi connectivity index (χ2v) is 5.52. The van der Waals surface area contributed by atoms with E-state index in [1.807, 2.05) is 0 Å². The first-order chi connectivity index (χ1) is 9.95. The number of carbonyl (C=O) groups is 2. The SMILES string of the molecule is Cc1nc(CC(=O)NCc2cccc(O)c2)sc1C(=O)[O-]. The topological polar surface area (TPSA) is 102 Å². The lowest BCUT2D eigenvalue weighted by atomic mass is 10.2. The molecule has 0 fully saturated rings. The van der Waals surface area contributed by atoms with E-state index in [-0.39, 0.29) is 29.5 Å². The lowest BCUT2D eigenvalue weighted by Gasteiger charge is -2.04. The van der Waals surface area contributed by atoms with Crippen LogP contribution >= 0.6 is 11.3 Å². The quantitative estimate of drug-likeness (QED) is 0.831. The van der Waals surface area contributed by atoms with E-state index in [1.54, 1.807) is 31.2 Å². The average molecular weight is 305 g/mol. The third-order valence-corrected chi connectivity index (χ3v) is 3.88. The van der Waals surface area contributed by atoms with Crippen LogP contribution in [-0.4, -0.2) is 22.0 Å². The Hall–Kier alpha value is -2.41. The minimum absolute atomic E-state index is 0.0115. The molecule has 2 N–H and O–H groups in total. The molecule has 21 heavy (non-hydrogen) atoms. The van der Waals surface area contributed by atoms with E-state index in [1.165, 1.54) is 0 Å². The first-order valence-electron chi connectivity index (χ1n) is 6.18. The number of nitrogens with one attached hydrogen (secondary N) is 1. The van der Waals surface area contributed by atoms with Gasteiger partial charge in [0, 0.05) is 6.54 Å². The van der Waals surface area contributed by atoms with Crippen molar-refractivity contribution >= 4 is 23.2 Å². The minimum Gasteiger partial charge on any atom is -0.544 e. The van der Waals surface area contributed by atoms with Gasteiger partial charge in [-0.25, -0.2) is 4.98 Å². The Labute approximate surface area is 125 Å². The van der Waals surface area contributed by atoms with Crippen molar-refractivity contribution in [2.45, 2.75) is 19.9 Å². The number of aryl methyl sites for hydroxylation is 1. The second kappa shape index (κ2) is 6.36. The number of hydrogen-bond acceptors (Lipinski definition) is 6. The molecule has 0 aliphatic rings. The summed E-state index contributed by atoms with van der Waals surface area (Å²) in [5.41, 5.74) is 1.13. The number of nitrogens with zero attached hydrogens (tertiary/aromatic N) is 1.